The molecule has 184 valence electrons. The van der Waals surface area contributed by atoms with Gasteiger partial charge < -0.3 is 19.9 Å². The van der Waals surface area contributed by atoms with Crippen molar-refractivity contribution in [2.45, 2.75) is 64.0 Å². The van der Waals surface area contributed by atoms with Crippen molar-refractivity contribution in [3.8, 4) is 6.07 Å². The SMILES string of the molecule is CC(C)(C)OC(=O)N1CCN(c2nc(C3CC3)c(Nc3ccnc(Cl)c3)cc2C#N)CC1C1CC1. The third-order valence-corrected chi connectivity index (χ3v) is 6.84. The van der Waals surface area contributed by atoms with Crippen molar-refractivity contribution >= 4 is 34.9 Å². The van der Waals surface area contributed by atoms with Crippen molar-refractivity contribution in [2.24, 2.45) is 5.92 Å². The number of hydrogen-bond acceptors (Lipinski definition) is 7. The number of carbonyl (C=O) groups is 1. The zero-order chi connectivity index (χ0) is 24.7. The van der Waals surface area contributed by atoms with Crippen molar-refractivity contribution in [2.75, 3.05) is 29.9 Å². The highest BCUT2D eigenvalue weighted by atomic mass is 35.5. The Kier molecular flexibility index (Phi) is 6.22. The van der Waals surface area contributed by atoms with Crippen LogP contribution in [0.4, 0.5) is 22.0 Å². The summed E-state index contributed by atoms with van der Waals surface area (Å²) in [5, 5.41) is 13.8. The lowest BCUT2D eigenvalue weighted by atomic mass is 10.1. The van der Waals surface area contributed by atoms with Gasteiger partial charge in [-0.1, -0.05) is 11.6 Å². The lowest BCUT2D eigenvalue weighted by molar-refractivity contribution is 0.0116. The second-order valence-electron chi connectivity index (χ2n) is 10.7. The molecule has 1 atom stereocenters. The van der Waals surface area contributed by atoms with E-state index < -0.39 is 5.60 Å². The van der Waals surface area contributed by atoms with Gasteiger partial charge in [0.2, 0.25) is 0 Å². The second kappa shape index (κ2) is 9.19. The van der Waals surface area contributed by atoms with E-state index in [2.05, 4.69) is 21.3 Å². The molecule has 9 heteroatoms. The van der Waals surface area contributed by atoms with Crippen molar-refractivity contribution < 1.29 is 9.53 Å². The van der Waals surface area contributed by atoms with Gasteiger partial charge in [-0.15, -0.1) is 0 Å². The average Bonchev–Trinajstić information content (AvgIpc) is 3.70. The predicted molar refractivity (Wildman–Crippen MR) is 135 cm³/mol. The van der Waals surface area contributed by atoms with E-state index in [-0.39, 0.29) is 12.1 Å². The summed E-state index contributed by atoms with van der Waals surface area (Å²) >= 11 is 6.06. The minimum atomic E-state index is -0.529. The first-order valence-electron chi connectivity index (χ1n) is 12.3. The largest absolute Gasteiger partial charge is 0.444 e. The number of ether oxygens (including phenoxy) is 1. The zero-order valence-corrected chi connectivity index (χ0v) is 21.2. The summed E-state index contributed by atoms with van der Waals surface area (Å²) < 4.78 is 5.69. The van der Waals surface area contributed by atoms with Gasteiger partial charge in [-0.25, -0.2) is 14.8 Å². The summed E-state index contributed by atoms with van der Waals surface area (Å²) in [4.78, 5) is 26.1. The first-order valence-corrected chi connectivity index (χ1v) is 12.7. The first-order chi connectivity index (χ1) is 16.7. The van der Waals surface area contributed by atoms with E-state index in [1.165, 1.54) is 0 Å². The number of nitriles is 1. The van der Waals surface area contributed by atoms with Crippen molar-refractivity contribution in [1.82, 2.24) is 14.9 Å². The zero-order valence-electron chi connectivity index (χ0n) is 20.4. The van der Waals surface area contributed by atoms with Crippen LogP contribution < -0.4 is 10.2 Å². The van der Waals surface area contributed by atoms with Gasteiger partial charge in [-0.2, -0.15) is 5.26 Å². The van der Waals surface area contributed by atoms with E-state index in [4.69, 9.17) is 21.3 Å². The molecule has 3 aliphatic rings. The number of aromatic nitrogens is 2. The van der Waals surface area contributed by atoms with Gasteiger partial charge in [-0.05, 0) is 70.6 Å². The normalized spacial score (nSPS) is 20.4. The monoisotopic (exact) mass is 494 g/mol. The number of pyridine rings is 2. The van der Waals surface area contributed by atoms with Crippen LogP contribution in [0.25, 0.3) is 0 Å². The molecule has 3 fully saturated rings. The van der Waals surface area contributed by atoms with Crippen LogP contribution in [0.15, 0.2) is 24.4 Å². The molecule has 0 bridgehead atoms. The van der Waals surface area contributed by atoms with E-state index in [1.54, 1.807) is 12.3 Å². The maximum atomic E-state index is 12.9. The number of amides is 1. The number of nitrogens with one attached hydrogen (secondary N) is 1. The Labute approximate surface area is 211 Å². The molecule has 2 saturated carbocycles. The maximum absolute atomic E-state index is 12.9. The minimum Gasteiger partial charge on any atom is -0.444 e. The van der Waals surface area contributed by atoms with Crippen LogP contribution >= 0.6 is 11.6 Å². The molecule has 1 saturated heterocycles. The Hall–Kier alpha value is -3.05. The third-order valence-electron chi connectivity index (χ3n) is 6.63. The highest BCUT2D eigenvalue weighted by Gasteiger charge is 2.43. The number of hydrogen-bond donors (Lipinski definition) is 1. The third kappa shape index (κ3) is 5.46. The van der Waals surface area contributed by atoms with E-state index in [0.29, 0.717) is 48.0 Å². The molecule has 1 aliphatic heterocycles. The molecule has 0 spiro atoms. The molecule has 1 amide bonds. The van der Waals surface area contributed by atoms with Gasteiger partial charge in [0.05, 0.1) is 23.0 Å². The summed E-state index contributed by atoms with van der Waals surface area (Å²) in [5.74, 6) is 1.56. The molecule has 2 aromatic rings. The van der Waals surface area contributed by atoms with Crippen LogP contribution in [0.1, 0.15) is 63.6 Å². The number of rotatable bonds is 5. The van der Waals surface area contributed by atoms with Gasteiger partial charge in [0.25, 0.3) is 0 Å². The quantitative estimate of drug-likeness (QED) is 0.551. The van der Waals surface area contributed by atoms with E-state index in [0.717, 1.165) is 42.8 Å². The Morgan fingerprint density at radius 1 is 1.23 bits per heavy atom. The standard InChI is InChI=1S/C26H31ClN6O2/c1-26(2,3)35-25(34)33-11-10-32(15-21(33)16-4-5-16)24-18(14-28)12-20(23(31-24)17-6-7-17)30-19-8-9-29-22(27)13-19/h8-9,12-13,16-17,21H,4-7,10-11,15H2,1-3H3,(H,29,30). The molecule has 2 aliphatic carbocycles. The van der Waals surface area contributed by atoms with Gasteiger partial charge >= 0.3 is 6.09 Å². The van der Waals surface area contributed by atoms with Crippen molar-refractivity contribution in [3.05, 3.63) is 40.8 Å². The van der Waals surface area contributed by atoms with Crippen LogP contribution in [0, 0.1) is 17.2 Å². The molecular formula is C26H31ClN6O2. The minimum absolute atomic E-state index is 0.0630. The number of piperazine rings is 1. The topological polar surface area (TPSA) is 94.4 Å². The van der Waals surface area contributed by atoms with Gasteiger partial charge in [0.1, 0.15) is 22.6 Å². The van der Waals surface area contributed by atoms with Crippen molar-refractivity contribution in [3.63, 3.8) is 0 Å². The second-order valence-corrected chi connectivity index (χ2v) is 11.1. The summed E-state index contributed by atoms with van der Waals surface area (Å²) in [5.41, 5.74) is 2.62. The number of anilines is 3. The fraction of sp³-hybridized carbons (Fsp3) is 0.538. The molecule has 2 aromatic heterocycles. The Morgan fingerprint density at radius 2 is 2.00 bits per heavy atom. The Morgan fingerprint density at radius 3 is 2.63 bits per heavy atom. The molecule has 35 heavy (non-hydrogen) atoms. The van der Waals surface area contributed by atoms with Gasteiger partial charge in [-0.3, -0.25) is 0 Å². The van der Waals surface area contributed by atoms with Crippen LogP contribution in [-0.2, 0) is 4.74 Å². The first kappa shape index (κ1) is 23.7. The molecule has 5 rings (SSSR count). The predicted octanol–water partition coefficient (Wildman–Crippen LogP) is 5.46. The maximum Gasteiger partial charge on any atom is 0.410 e. The number of nitrogens with zero attached hydrogens (tertiary/aromatic N) is 5. The molecule has 1 unspecified atom stereocenters. The molecule has 8 nitrogen and oxygen atoms in total. The number of halogens is 1. The molecule has 3 heterocycles. The van der Waals surface area contributed by atoms with Gasteiger partial charge in [0.15, 0.2) is 0 Å². The Bertz CT molecular complexity index is 1170. The lowest BCUT2D eigenvalue weighted by Crippen LogP contribution is -2.57. The van der Waals surface area contributed by atoms with E-state index >= 15 is 0 Å². The fourth-order valence-corrected chi connectivity index (χ4v) is 4.85. The smallest absolute Gasteiger partial charge is 0.410 e. The lowest BCUT2D eigenvalue weighted by Gasteiger charge is -2.42. The van der Waals surface area contributed by atoms with E-state index in [9.17, 15) is 10.1 Å². The summed E-state index contributed by atoms with van der Waals surface area (Å²) in [6.45, 7) is 7.50. The van der Waals surface area contributed by atoms with Crippen LogP contribution in [0.3, 0.4) is 0 Å². The Balaban J connectivity index is 1.42. The highest BCUT2D eigenvalue weighted by Crippen LogP contribution is 2.45. The van der Waals surface area contributed by atoms with Crippen molar-refractivity contribution in [1.29, 1.82) is 5.26 Å². The summed E-state index contributed by atoms with van der Waals surface area (Å²) in [6.07, 6.45) is 5.79. The average molecular weight is 495 g/mol. The van der Waals surface area contributed by atoms with Crippen LogP contribution in [-0.4, -0.2) is 52.2 Å². The molecule has 0 aromatic carbocycles. The highest BCUT2D eigenvalue weighted by molar-refractivity contribution is 6.29. The summed E-state index contributed by atoms with van der Waals surface area (Å²) in [7, 11) is 0. The molecule has 1 N–H and O–H groups in total. The van der Waals surface area contributed by atoms with Crippen LogP contribution in [0.2, 0.25) is 5.15 Å². The molecular weight excluding hydrogens is 464 g/mol. The van der Waals surface area contributed by atoms with Crippen LogP contribution in [0.5, 0.6) is 0 Å². The fourth-order valence-electron chi connectivity index (χ4n) is 4.68. The van der Waals surface area contributed by atoms with Gasteiger partial charge in [0, 0.05) is 37.4 Å². The number of carbonyl (C=O) groups excluding carboxylic acids is 1. The summed E-state index contributed by atoms with van der Waals surface area (Å²) in [6, 6.07) is 7.92. The van der Waals surface area contributed by atoms with E-state index in [1.807, 2.05) is 37.8 Å². The molecule has 0 radical (unpaired) electrons.